The van der Waals surface area contributed by atoms with Crippen LogP contribution in [-0.4, -0.2) is 21.3 Å². The molecule has 0 radical (unpaired) electrons. The average Bonchev–Trinajstić information content (AvgIpc) is 2.95. The van der Waals surface area contributed by atoms with Crippen LogP contribution < -0.4 is 5.32 Å². The predicted octanol–water partition coefficient (Wildman–Crippen LogP) is 2.61. The first-order valence-corrected chi connectivity index (χ1v) is 7.24. The molecule has 0 fully saturated rings. The van der Waals surface area contributed by atoms with Crippen LogP contribution in [-0.2, 0) is 20.0 Å². The Labute approximate surface area is 112 Å². The highest BCUT2D eigenvalue weighted by molar-refractivity contribution is 7.15. The minimum absolute atomic E-state index is 0.926. The summed E-state index contributed by atoms with van der Waals surface area (Å²) in [5.74, 6) is 0. The molecule has 2 aromatic heterocycles. The number of aromatic nitrogens is 3. The SMILES string of the molecule is CCCNCc1sc(-c2cnn(C)c2)nc1CC. The van der Waals surface area contributed by atoms with Crippen molar-refractivity contribution in [2.24, 2.45) is 7.05 Å². The second kappa shape index (κ2) is 6.11. The average molecular weight is 264 g/mol. The molecule has 2 rings (SSSR count). The zero-order valence-electron chi connectivity index (χ0n) is 11.2. The maximum Gasteiger partial charge on any atom is 0.127 e. The number of nitrogens with one attached hydrogen (secondary N) is 1. The highest BCUT2D eigenvalue weighted by Gasteiger charge is 2.11. The van der Waals surface area contributed by atoms with E-state index in [0.717, 1.165) is 36.5 Å². The van der Waals surface area contributed by atoms with Crippen LogP contribution in [0.3, 0.4) is 0 Å². The van der Waals surface area contributed by atoms with Gasteiger partial charge in [-0.3, -0.25) is 4.68 Å². The van der Waals surface area contributed by atoms with Gasteiger partial charge in [0.25, 0.3) is 0 Å². The number of nitrogens with zero attached hydrogens (tertiary/aromatic N) is 3. The second-order valence-corrected chi connectivity index (χ2v) is 5.41. The van der Waals surface area contributed by atoms with E-state index < -0.39 is 0 Å². The Balaban J connectivity index is 2.18. The zero-order valence-corrected chi connectivity index (χ0v) is 12.0. The number of thiazole rings is 1. The van der Waals surface area contributed by atoms with Crippen LogP contribution in [0.2, 0.25) is 0 Å². The molecule has 98 valence electrons. The Kier molecular flexibility index (Phi) is 4.49. The van der Waals surface area contributed by atoms with Gasteiger partial charge >= 0.3 is 0 Å². The van der Waals surface area contributed by atoms with Crippen LogP contribution >= 0.6 is 11.3 Å². The van der Waals surface area contributed by atoms with Gasteiger partial charge in [0.15, 0.2) is 0 Å². The van der Waals surface area contributed by atoms with Gasteiger partial charge in [0.2, 0.25) is 0 Å². The summed E-state index contributed by atoms with van der Waals surface area (Å²) in [6, 6.07) is 0. The van der Waals surface area contributed by atoms with E-state index in [1.165, 1.54) is 10.6 Å². The molecule has 0 aliphatic rings. The summed E-state index contributed by atoms with van der Waals surface area (Å²) in [6.07, 6.45) is 6.04. The molecule has 0 atom stereocenters. The van der Waals surface area contributed by atoms with Crippen molar-refractivity contribution in [3.63, 3.8) is 0 Å². The van der Waals surface area contributed by atoms with Gasteiger partial charge in [0, 0.05) is 30.2 Å². The molecule has 0 spiro atoms. The molecule has 0 unspecified atom stereocenters. The molecule has 0 saturated carbocycles. The summed E-state index contributed by atoms with van der Waals surface area (Å²) < 4.78 is 1.82. The highest BCUT2D eigenvalue weighted by Crippen LogP contribution is 2.28. The van der Waals surface area contributed by atoms with Crippen LogP contribution in [0.5, 0.6) is 0 Å². The first-order valence-electron chi connectivity index (χ1n) is 6.42. The molecule has 0 aromatic carbocycles. The van der Waals surface area contributed by atoms with E-state index in [-0.39, 0.29) is 0 Å². The normalized spacial score (nSPS) is 11.1. The molecule has 0 amide bonds. The molecule has 2 heterocycles. The summed E-state index contributed by atoms with van der Waals surface area (Å²) in [5.41, 5.74) is 2.32. The first kappa shape index (κ1) is 13.2. The summed E-state index contributed by atoms with van der Waals surface area (Å²) in [7, 11) is 1.93. The van der Waals surface area contributed by atoms with Crippen molar-refractivity contribution in [3.05, 3.63) is 23.0 Å². The number of hydrogen-bond acceptors (Lipinski definition) is 4. The van der Waals surface area contributed by atoms with E-state index in [4.69, 9.17) is 4.98 Å². The summed E-state index contributed by atoms with van der Waals surface area (Å²) in [4.78, 5) is 6.07. The third kappa shape index (κ3) is 2.97. The Hall–Kier alpha value is -1.20. The van der Waals surface area contributed by atoms with Crippen molar-refractivity contribution in [2.45, 2.75) is 33.2 Å². The van der Waals surface area contributed by atoms with Gasteiger partial charge in [-0.1, -0.05) is 13.8 Å². The van der Waals surface area contributed by atoms with Gasteiger partial charge in [0.1, 0.15) is 5.01 Å². The van der Waals surface area contributed by atoms with Gasteiger partial charge < -0.3 is 5.32 Å². The molecule has 1 N–H and O–H groups in total. The third-order valence-electron chi connectivity index (χ3n) is 2.78. The standard InChI is InChI=1S/C13H20N4S/c1-4-6-14-8-12-11(5-2)16-13(18-12)10-7-15-17(3)9-10/h7,9,14H,4-6,8H2,1-3H3. The Morgan fingerprint density at radius 3 is 2.83 bits per heavy atom. The summed E-state index contributed by atoms with van der Waals surface area (Å²) in [5, 5.41) is 8.72. The quantitative estimate of drug-likeness (QED) is 0.816. The zero-order chi connectivity index (χ0) is 13.0. The van der Waals surface area contributed by atoms with E-state index in [0.29, 0.717) is 0 Å². The first-order chi connectivity index (χ1) is 8.74. The largest absolute Gasteiger partial charge is 0.312 e. The van der Waals surface area contributed by atoms with Gasteiger partial charge in [-0.05, 0) is 19.4 Å². The fraction of sp³-hybridized carbons (Fsp3) is 0.538. The third-order valence-corrected chi connectivity index (χ3v) is 3.92. The minimum Gasteiger partial charge on any atom is -0.312 e. The Bertz CT molecular complexity index is 501. The number of aryl methyl sites for hydroxylation is 2. The van der Waals surface area contributed by atoms with Gasteiger partial charge in [-0.15, -0.1) is 11.3 Å². The van der Waals surface area contributed by atoms with Crippen molar-refractivity contribution < 1.29 is 0 Å². The van der Waals surface area contributed by atoms with E-state index >= 15 is 0 Å². The Morgan fingerprint density at radius 1 is 1.39 bits per heavy atom. The van der Waals surface area contributed by atoms with Crippen molar-refractivity contribution in [2.75, 3.05) is 6.54 Å². The molecule has 18 heavy (non-hydrogen) atoms. The van der Waals surface area contributed by atoms with Crippen LogP contribution in [0.1, 0.15) is 30.8 Å². The maximum absolute atomic E-state index is 4.72. The monoisotopic (exact) mass is 264 g/mol. The smallest absolute Gasteiger partial charge is 0.127 e. The van der Waals surface area contributed by atoms with Crippen LogP contribution in [0.25, 0.3) is 10.6 Å². The molecule has 5 heteroatoms. The van der Waals surface area contributed by atoms with Gasteiger partial charge in [-0.2, -0.15) is 5.10 Å². The fourth-order valence-corrected chi connectivity index (χ4v) is 2.93. The van der Waals surface area contributed by atoms with Crippen LogP contribution in [0, 0.1) is 0 Å². The summed E-state index contributed by atoms with van der Waals surface area (Å²) >= 11 is 1.77. The Morgan fingerprint density at radius 2 is 2.22 bits per heavy atom. The second-order valence-electron chi connectivity index (χ2n) is 4.32. The topological polar surface area (TPSA) is 42.7 Å². The molecule has 0 bridgehead atoms. The lowest BCUT2D eigenvalue weighted by Crippen LogP contribution is -2.13. The lowest BCUT2D eigenvalue weighted by molar-refractivity contribution is 0.677. The van der Waals surface area contributed by atoms with Crippen molar-refractivity contribution in [3.8, 4) is 10.6 Å². The predicted molar refractivity (Wildman–Crippen MR) is 75.7 cm³/mol. The van der Waals surface area contributed by atoms with E-state index in [2.05, 4.69) is 24.3 Å². The van der Waals surface area contributed by atoms with Crippen LogP contribution in [0.15, 0.2) is 12.4 Å². The van der Waals surface area contributed by atoms with Crippen LogP contribution in [0.4, 0.5) is 0 Å². The fourth-order valence-electron chi connectivity index (χ4n) is 1.83. The number of hydrogen-bond donors (Lipinski definition) is 1. The lowest BCUT2D eigenvalue weighted by atomic mass is 10.3. The maximum atomic E-state index is 4.72. The molecular formula is C13H20N4S. The molecule has 2 aromatic rings. The molecular weight excluding hydrogens is 244 g/mol. The van der Waals surface area contributed by atoms with Gasteiger partial charge in [-0.25, -0.2) is 4.98 Å². The minimum atomic E-state index is 0.926. The van der Waals surface area contributed by atoms with Gasteiger partial charge in [0.05, 0.1) is 11.9 Å². The van der Waals surface area contributed by atoms with Crippen molar-refractivity contribution in [1.82, 2.24) is 20.1 Å². The highest BCUT2D eigenvalue weighted by atomic mass is 32.1. The molecule has 0 aliphatic heterocycles. The molecule has 0 aliphatic carbocycles. The number of rotatable bonds is 6. The van der Waals surface area contributed by atoms with E-state index in [1.54, 1.807) is 11.3 Å². The molecule has 4 nitrogen and oxygen atoms in total. The van der Waals surface area contributed by atoms with E-state index in [9.17, 15) is 0 Å². The van der Waals surface area contributed by atoms with Crippen molar-refractivity contribution >= 4 is 11.3 Å². The lowest BCUT2D eigenvalue weighted by Gasteiger charge is -2.01. The van der Waals surface area contributed by atoms with Crippen molar-refractivity contribution in [1.29, 1.82) is 0 Å². The van der Waals surface area contributed by atoms with E-state index in [1.807, 2.05) is 24.1 Å². The summed E-state index contributed by atoms with van der Waals surface area (Å²) in [6.45, 7) is 6.32. The molecule has 0 saturated heterocycles.